The van der Waals surface area contributed by atoms with E-state index in [-0.39, 0.29) is 18.6 Å². The average molecular weight is 267 g/mol. The Labute approximate surface area is 113 Å². The van der Waals surface area contributed by atoms with Crippen LogP contribution in [0, 0.1) is 6.92 Å². The summed E-state index contributed by atoms with van der Waals surface area (Å²) >= 11 is 0. The van der Waals surface area contributed by atoms with Gasteiger partial charge in [-0.3, -0.25) is 4.79 Å². The Kier molecular flexibility index (Phi) is 4.93. The molecule has 1 fully saturated rings. The number of ether oxygens (including phenoxy) is 1. The molecule has 1 saturated heterocycles. The molecular weight excluding hydrogens is 246 g/mol. The number of carbonyl (C=O) groups is 1. The lowest BCUT2D eigenvalue weighted by Gasteiger charge is -2.24. The minimum absolute atomic E-state index is 0.0285. The number of likely N-dealkylation sites (N-methyl/N-ethyl adjacent to an activating group) is 1. The van der Waals surface area contributed by atoms with E-state index in [9.17, 15) is 4.79 Å². The molecule has 0 bridgehead atoms. The van der Waals surface area contributed by atoms with Crippen molar-refractivity contribution in [3.05, 3.63) is 17.5 Å². The van der Waals surface area contributed by atoms with Gasteiger partial charge < -0.3 is 19.5 Å². The molecule has 6 nitrogen and oxygen atoms in total. The van der Waals surface area contributed by atoms with Gasteiger partial charge in [0.15, 0.2) is 0 Å². The molecule has 1 amide bonds. The van der Waals surface area contributed by atoms with E-state index in [2.05, 4.69) is 10.5 Å². The molecule has 0 aromatic carbocycles. The number of nitrogens with zero attached hydrogens (tertiary/aromatic N) is 2. The van der Waals surface area contributed by atoms with Crippen LogP contribution in [0.3, 0.4) is 0 Å². The fraction of sp³-hybridized carbons (Fsp3) is 0.692. The van der Waals surface area contributed by atoms with E-state index in [1.807, 2.05) is 13.0 Å². The summed E-state index contributed by atoms with van der Waals surface area (Å²) in [5.41, 5.74) is 0.759. The molecule has 1 aromatic rings. The minimum atomic E-state index is -0.0285. The predicted octanol–water partition coefficient (Wildman–Crippen LogP) is 0.710. The van der Waals surface area contributed by atoms with Crippen LogP contribution in [0.2, 0.25) is 0 Å². The van der Waals surface area contributed by atoms with Crippen molar-refractivity contribution in [2.24, 2.45) is 0 Å². The molecule has 1 aliphatic rings. The van der Waals surface area contributed by atoms with E-state index in [1.54, 1.807) is 11.9 Å². The summed E-state index contributed by atoms with van der Waals surface area (Å²) in [5, 5.41) is 7.14. The summed E-state index contributed by atoms with van der Waals surface area (Å²) < 4.78 is 10.6. The van der Waals surface area contributed by atoms with Crippen LogP contribution in [0.5, 0.6) is 0 Å². The van der Waals surface area contributed by atoms with Gasteiger partial charge in [0.25, 0.3) is 0 Å². The maximum Gasteiger partial charge on any atom is 0.248 e. The van der Waals surface area contributed by atoms with E-state index in [1.165, 1.54) is 0 Å². The van der Waals surface area contributed by atoms with Gasteiger partial charge in [-0.15, -0.1) is 0 Å². The van der Waals surface area contributed by atoms with Crippen molar-refractivity contribution in [3.8, 4) is 0 Å². The first-order valence-electron chi connectivity index (χ1n) is 6.63. The highest BCUT2D eigenvalue weighted by molar-refractivity contribution is 5.77. The summed E-state index contributed by atoms with van der Waals surface area (Å²) in [6.07, 6.45) is 2.15. The Morgan fingerprint density at radius 3 is 2.95 bits per heavy atom. The maximum absolute atomic E-state index is 11.9. The lowest BCUT2D eigenvalue weighted by atomic mass is 10.1. The first-order chi connectivity index (χ1) is 9.15. The molecule has 1 N–H and O–H groups in total. The number of aromatic nitrogens is 1. The van der Waals surface area contributed by atoms with Crippen molar-refractivity contribution in [1.29, 1.82) is 0 Å². The molecule has 0 aliphatic carbocycles. The average Bonchev–Trinajstić information content (AvgIpc) is 2.82. The third-order valence-corrected chi connectivity index (χ3v) is 3.23. The summed E-state index contributed by atoms with van der Waals surface area (Å²) in [4.78, 5) is 13.5. The van der Waals surface area contributed by atoms with Crippen LogP contribution in [0.15, 0.2) is 10.6 Å². The smallest absolute Gasteiger partial charge is 0.248 e. The molecule has 1 aliphatic heterocycles. The van der Waals surface area contributed by atoms with Crippen LogP contribution in [0.4, 0.5) is 0 Å². The van der Waals surface area contributed by atoms with Gasteiger partial charge >= 0.3 is 0 Å². The zero-order valence-corrected chi connectivity index (χ0v) is 11.5. The largest absolute Gasteiger partial charge is 0.368 e. The molecule has 6 heteroatoms. The molecule has 0 saturated carbocycles. The van der Waals surface area contributed by atoms with E-state index in [0.29, 0.717) is 6.54 Å². The van der Waals surface area contributed by atoms with Crippen LogP contribution >= 0.6 is 0 Å². The second-order valence-corrected chi connectivity index (χ2v) is 4.94. The van der Waals surface area contributed by atoms with Gasteiger partial charge in [0.2, 0.25) is 5.91 Å². The Hall–Kier alpha value is -1.40. The molecular formula is C13H21N3O3. The topological polar surface area (TPSA) is 67.6 Å². The molecule has 2 heterocycles. The number of nitrogens with one attached hydrogen (secondary N) is 1. The van der Waals surface area contributed by atoms with E-state index < -0.39 is 0 Å². The van der Waals surface area contributed by atoms with Crippen molar-refractivity contribution in [3.63, 3.8) is 0 Å². The molecule has 0 atom stereocenters. The van der Waals surface area contributed by atoms with Crippen LogP contribution in [0.25, 0.3) is 0 Å². The molecule has 1 aromatic heterocycles. The van der Waals surface area contributed by atoms with Crippen LogP contribution < -0.4 is 5.32 Å². The monoisotopic (exact) mass is 267 g/mol. The Morgan fingerprint density at radius 1 is 1.58 bits per heavy atom. The zero-order valence-electron chi connectivity index (χ0n) is 11.5. The number of hydrogen-bond donors (Lipinski definition) is 1. The third-order valence-electron chi connectivity index (χ3n) is 3.23. The van der Waals surface area contributed by atoms with Gasteiger partial charge in [-0.1, -0.05) is 5.16 Å². The highest BCUT2D eigenvalue weighted by Crippen LogP contribution is 2.08. The second-order valence-electron chi connectivity index (χ2n) is 4.94. The van der Waals surface area contributed by atoms with Crippen LogP contribution in [-0.4, -0.2) is 48.8 Å². The highest BCUT2D eigenvalue weighted by atomic mass is 16.5. The number of amides is 1. The fourth-order valence-corrected chi connectivity index (χ4v) is 2.09. The molecule has 2 rings (SSSR count). The van der Waals surface area contributed by atoms with Gasteiger partial charge in [-0.2, -0.15) is 0 Å². The van der Waals surface area contributed by atoms with E-state index in [0.717, 1.165) is 37.4 Å². The van der Waals surface area contributed by atoms with Crippen LogP contribution in [-0.2, 0) is 16.1 Å². The molecule has 0 radical (unpaired) electrons. The lowest BCUT2D eigenvalue weighted by molar-refractivity contribution is -0.138. The van der Waals surface area contributed by atoms with Crippen molar-refractivity contribution in [1.82, 2.24) is 15.4 Å². The first kappa shape index (κ1) is 14.0. The SMILES string of the molecule is Cc1cc(CN(C)C(=O)COC2CCNCC2)no1. The summed E-state index contributed by atoms with van der Waals surface area (Å²) in [7, 11) is 1.75. The van der Waals surface area contributed by atoms with Gasteiger partial charge in [0.05, 0.1) is 12.6 Å². The van der Waals surface area contributed by atoms with Crippen molar-refractivity contribution in [2.75, 3.05) is 26.7 Å². The van der Waals surface area contributed by atoms with E-state index in [4.69, 9.17) is 9.26 Å². The number of rotatable bonds is 5. The highest BCUT2D eigenvalue weighted by Gasteiger charge is 2.17. The van der Waals surface area contributed by atoms with Crippen LogP contribution in [0.1, 0.15) is 24.3 Å². The number of hydrogen-bond acceptors (Lipinski definition) is 5. The minimum Gasteiger partial charge on any atom is -0.368 e. The van der Waals surface area contributed by atoms with Gasteiger partial charge in [-0.25, -0.2) is 0 Å². The van der Waals surface area contributed by atoms with Crippen molar-refractivity contribution < 1.29 is 14.1 Å². The molecule has 0 unspecified atom stereocenters. The molecule has 19 heavy (non-hydrogen) atoms. The normalized spacial score (nSPS) is 16.5. The van der Waals surface area contributed by atoms with Crippen molar-refractivity contribution in [2.45, 2.75) is 32.4 Å². The maximum atomic E-state index is 11.9. The summed E-state index contributed by atoms with van der Waals surface area (Å²) in [5.74, 6) is 0.723. The zero-order chi connectivity index (χ0) is 13.7. The van der Waals surface area contributed by atoms with Crippen molar-refractivity contribution >= 4 is 5.91 Å². The lowest BCUT2D eigenvalue weighted by Crippen LogP contribution is -2.36. The molecule has 0 spiro atoms. The Bertz CT molecular complexity index is 413. The first-order valence-corrected chi connectivity index (χ1v) is 6.63. The Morgan fingerprint density at radius 2 is 2.32 bits per heavy atom. The second kappa shape index (κ2) is 6.68. The predicted molar refractivity (Wildman–Crippen MR) is 69.6 cm³/mol. The Balaban J connectivity index is 1.72. The quantitative estimate of drug-likeness (QED) is 0.851. The van der Waals surface area contributed by atoms with Gasteiger partial charge in [0, 0.05) is 13.1 Å². The van der Waals surface area contributed by atoms with Gasteiger partial charge in [0.1, 0.15) is 18.1 Å². The molecule has 106 valence electrons. The number of aryl methyl sites for hydroxylation is 1. The fourth-order valence-electron chi connectivity index (χ4n) is 2.09. The summed E-state index contributed by atoms with van der Waals surface area (Å²) in [6, 6.07) is 1.83. The third kappa shape index (κ3) is 4.33. The van der Waals surface area contributed by atoms with Gasteiger partial charge in [-0.05, 0) is 32.9 Å². The summed E-state index contributed by atoms with van der Waals surface area (Å²) in [6.45, 7) is 4.35. The number of carbonyl (C=O) groups excluding carboxylic acids is 1. The number of piperidine rings is 1. The van der Waals surface area contributed by atoms with E-state index >= 15 is 0 Å². The standard InChI is InChI=1S/C13H21N3O3/c1-10-7-11(15-19-10)8-16(2)13(17)9-18-12-3-5-14-6-4-12/h7,12,14H,3-6,8-9H2,1-2H3.